The van der Waals surface area contributed by atoms with Gasteiger partial charge in [0.2, 0.25) is 5.91 Å². The second-order valence-electron chi connectivity index (χ2n) is 5.10. The standard InChI is InChI=1S/C18H20FNO2/c1-20(13-14-22-17-10-8-16(19)9-11-17)18(21)12-7-15-5-3-2-4-6-15/h2-6,8-11H,7,12-14H2,1H3. The first-order chi connectivity index (χ1) is 10.6. The zero-order chi connectivity index (χ0) is 15.8. The predicted octanol–water partition coefficient (Wildman–Crippen LogP) is 3.30. The van der Waals surface area contributed by atoms with E-state index >= 15 is 0 Å². The number of benzene rings is 2. The molecule has 2 aromatic carbocycles. The van der Waals surface area contributed by atoms with Crippen molar-refractivity contribution < 1.29 is 13.9 Å². The summed E-state index contributed by atoms with van der Waals surface area (Å²) in [7, 11) is 1.77. The van der Waals surface area contributed by atoms with Gasteiger partial charge in [-0.3, -0.25) is 4.79 Å². The van der Waals surface area contributed by atoms with E-state index in [4.69, 9.17) is 4.74 Å². The van der Waals surface area contributed by atoms with E-state index in [2.05, 4.69) is 0 Å². The summed E-state index contributed by atoms with van der Waals surface area (Å²) in [5.41, 5.74) is 1.16. The fourth-order valence-corrected chi connectivity index (χ4v) is 2.04. The number of likely N-dealkylation sites (N-methyl/N-ethyl adjacent to an activating group) is 1. The quantitative estimate of drug-likeness (QED) is 0.785. The first-order valence-corrected chi connectivity index (χ1v) is 7.31. The lowest BCUT2D eigenvalue weighted by Crippen LogP contribution is -2.31. The van der Waals surface area contributed by atoms with Crippen molar-refractivity contribution in [3.63, 3.8) is 0 Å². The van der Waals surface area contributed by atoms with Crippen molar-refractivity contribution in [2.75, 3.05) is 20.2 Å². The van der Waals surface area contributed by atoms with Crippen LogP contribution in [-0.4, -0.2) is 31.0 Å². The van der Waals surface area contributed by atoms with Crippen LogP contribution in [0.1, 0.15) is 12.0 Å². The third kappa shape index (κ3) is 5.20. The van der Waals surface area contributed by atoms with Crippen LogP contribution >= 0.6 is 0 Å². The third-order valence-electron chi connectivity index (χ3n) is 3.41. The first kappa shape index (κ1) is 16.0. The summed E-state index contributed by atoms with van der Waals surface area (Å²) in [5, 5.41) is 0. The molecule has 0 aliphatic heterocycles. The molecule has 2 rings (SSSR count). The molecule has 0 fully saturated rings. The Hall–Kier alpha value is -2.36. The second kappa shape index (κ2) is 8.17. The van der Waals surface area contributed by atoms with Crippen molar-refractivity contribution in [3.05, 3.63) is 66.0 Å². The van der Waals surface area contributed by atoms with Gasteiger partial charge >= 0.3 is 0 Å². The van der Waals surface area contributed by atoms with Crippen molar-refractivity contribution in [1.82, 2.24) is 4.90 Å². The normalized spacial score (nSPS) is 10.3. The molecule has 0 N–H and O–H groups in total. The molecule has 22 heavy (non-hydrogen) atoms. The SMILES string of the molecule is CN(CCOc1ccc(F)cc1)C(=O)CCc1ccccc1. The lowest BCUT2D eigenvalue weighted by atomic mass is 10.1. The van der Waals surface area contributed by atoms with Crippen LogP contribution in [0.15, 0.2) is 54.6 Å². The van der Waals surface area contributed by atoms with Crippen molar-refractivity contribution in [2.45, 2.75) is 12.8 Å². The Morgan fingerprint density at radius 3 is 2.45 bits per heavy atom. The highest BCUT2D eigenvalue weighted by Gasteiger charge is 2.08. The number of nitrogens with zero attached hydrogens (tertiary/aromatic N) is 1. The molecule has 0 saturated carbocycles. The highest BCUT2D eigenvalue weighted by molar-refractivity contribution is 5.76. The maximum atomic E-state index is 12.8. The van der Waals surface area contributed by atoms with E-state index in [0.29, 0.717) is 25.3 Å². The van der Waals surface area contributed by atoms with Crippen molar-refractivity contribution in [2.24, 2.45) is 0 Å². The van der Waals surface area contributed by atoms with Crippen LogP contribution in [0.5, 0.6) is 5.75 Å². The monoisotopic (exact) mass is 301 g/mol. The van der Waals surface area contributed by atoms with Gasteiger partial charge in [-0.15, -0.1) is 0 Å². The number of rotatable bonds is 7. The van der Waals surface area contributed by atoms with E-state index in [-0.39, 0.29) is 11.7 Å². The van der Waals surface area contributed by atoms with Gasteiger partial charge in [-0.2, -0.15) is 0 Å². The molecular formula is C18H20FNO2. The molecule has 0 spiro atoms. The molecule has 2 aromatic rings. The van der Waals surface area contributed by atoms with Crippen molar-refractivity contribution in [3.8, 4) is 5.75 Å². The van der Waals surface area contributed by atoms with Crippen LogP contribution in [-0.2, 0) is 11.2 Å². The highest BCUT2D eigenvalue weighted by Crippen LogP contribution is 2.11. The van der Waals surface area contributed by atoms with Gasteiger partial charge in [0, 0.05) is 13.5 Å². The number of hydrogen-bond acceptors (Lipinski definition) is 2. The van der Waals surface area contributed by atoms with Gasteiger partial charge in [0.1, 0.15) is 18.2 Å². The van der Waals surface area contributed by atoms with Gasteiger partial charge in [0.15, 0.2) is 0 Å². The third-order valence-corrected chi connectivity index (χ3v) is 3.41. The van der Waals surface area contributed by atoms with Crippen LogP contribution in [0.4, 0.5) is 4.39 Å². The average Bonchev–Trinajstić information content (AvgIpc) is 2.55. The molecule has 0 radical (unpaired) electrons. The van der Waals surface area contributed by atoms with E-state index in [1.165, 1.54) is 12.1 Å². The Balaban J connectivity index is 1.69. The van der Waals surface area contributed by atoms with E-state index in [1.807, 2.05) is 30.3 Å². The zero-order valence-corrected chi connectivity index (χ0v) is 12.7. The topological polar surface area (TPSA) is 29.5 Å². The summed E-state index contributed by atoms with van der Waals surface area (Å²) in [6.45, 7) is 0.893. The fraction of sp³-hybridized carbons (Fsp3) is 0.278. The Labute approximate surface area is 130 Å². The van der Waals surface area contributed by atoms with Gasteiger partial charge in [-0.25, -0.2) is 4.39 Å². The first-order valence-electron chi connectivity index (χ1n) is 7.31. The number of ether oxygens (including phenoxy) is 1. The number of amides is 1. The Morgan fingerprint density at radius 2 is 1.77 bits per heavy atom. The number of halogens is 1. The molecule has 1 amide bonds. The van der Waals surface area contributed by atoms with Crippen LogP contribution in [0.3, 0.4) is 0 Å². The Kier molecular flexibility index (Phi) is 5.95. The minimum atomic E-state index is -0.291. The molecule has 0 unspecified atom stereocenters. The molecule has 0 bridgehead atoms. The summed E-state index contributed by atoms with van der Waals surface area (Å²) in [6, 6.07) is 15.8. The summed E-state index contributed by atoms with van der Waals surface area (Å²) in [6.07, 6.45) is 1.22. The molecule has 116 valence electrons. The van der Waals surface area contributed by atoms with Gasteiger partial charge in [0.25, 0.3) is 0 Å². The maximum Gasteiger partial charge on any atom is 0.222 e. The van der Waals surface area contributed by atoms with Gasteiger partial charge in [0.05, 0.1) is 6.54 Å². The highest BCUT2D eigenvalue weighted by atomic mass is 19.1. The largest absolute Gasteiger partial charge is 0.492 e. The summed E-state index contributed by atoms with van der Waals surface area (Å²) >= 11 is 0. The van der Waals surface area contributed by atoms with Crippen LogP contribution in [0, 0.1) is 5.82 Å². The molecule has 0 heterocycles. The molecular weight excluding hydrogens is 281 g/mol. The van der Waals surface area contributed by atoms with Crippen LogP contribution < -0.4 is 4.74 Å². The molecule has 0 aliphatic rings. The minimum Gasteiger partial charge on any atom is -0.492 e. The molecule has 3 nitrogen and oxygen atoms in total. The van der Waals surface area contributed by atoms with Gasteiger partial charge < -0.3 is 9.64 Å². The average molecular weight is 301 g/mol. The van der Waals surface area contributed by atoms with E-state index < -0.39 is 0 Å². The Bertz CT molecular complexity index is 584. The molecule has 0 saturated heterocycles. The molecule has 0 aliphatic carbocycles. The van der Waals surface area contributed by atoms with Crippen molar-refractivity contribution >= 4 is 5.91 Å². The zero-order valence-electron chi connectivity index (χ0n) is 12.7. The number of aryl methyl sites for hydroxylation is 1. The fourth-order valence-electron chi connectivity index (χ4n) is 2.04. The smallest absolute Gasteiger partial charge is 0.222 e. The molecule has 0 aromatic heterocycles. The second-order valence-corrected chi connectivity index (χ2v) is 5.10. The van der Waals surface area contributed by atoms with Crippen LogP contribution in [0.25, 0.3) is 0 Å². The number of hydrogen-bond donors (Lipinski definition) is 0. The number of carbonyl (C=O) groups excluding carboxylic acids is 1. The summed E-state index contributed by atoms with van der Waals surface area (Å²) in [5.74, 6) is 0.402. The van der Waals surface area contributed by atoms with E-state index in [9.17, 15) is 9.18 Å². The maximum absolute atomic E-state index is 12.8. The summed E-state index contributed by atoms with van der Waals surface area (Å²) in [4.78, 5) is 13.7. The Morgan fingerprint density at radius 1 is 1.09 bits per heavy atom. The van der Waals surface area contributed by atoms with E-state index in [1.54, 1.807) is 24.1 Å². The number of carbonyl (C=O) groups is 1. The minimum absolute atomic E-state index is 0.0894. The van der Waals surface area contributed by atoms with Crippen molar-refractivity contribution in [1.29, 1.82) is 0 Å². The lowest BCUT2D eigenvalue weighted by molar-refractivity contribution is -0.130. The molecule has 0 atom stereocenters. The van der Waals surface area contributed by atoms with E-state index in [0.717, 1.165) is 12.0 Å². The van der Waals surface area contributed by atoms with Gasteiger partial charge in [-0.05, 0) is 36.2 Å². The predicted molar refractivity (Wildman–Crippen MR) is 84.3 cm³/mol. The molecule has 4 heteroatoms. The van der Waals surface area contributed by atoms with Gasteiger partial charge in [-0.1, -0.05) is 30.3 Å². The van der Waals surface area contributed by atoms with Crippen LogP contribution in [0.2, 0.25) is 0 Å². The lowest BCUT2D eigenvalue weighted by Gasteiger charge is -2.17. The summed E-state index contributed by atoms with van der Waals surface area (Å²) < 4.78 is 18.2.